The van der Waals surface area contributed by atoms with Gasteiger partial charge in [0.2, 0.25) is 0 Å². The van der Waals surface area contributed by atoms with E-state index in [-0.39, 0.29) is 17.6 Å². The van der Waals surface area contributed by atoms with Crippen LogP contribution in [0.15, 0.2) is 66.7 Å². The first-order valence-electron chi connectivity index (χ1n) is 12.5. The largest absolute Gasteiger partial charge is 0.508 e. The van der Waals surface area contributed by atoms with Crippen LogP contribution in [0.4, 0.5) is 0 Å². The number of allylic oxidation sites excluding steroid dienone is 1. The van der Waals surface area contributed by atoms with Crippen LogP contribution in [0.2, 0.25) is 0 Å². The second-order valence-electron chi connectivity index (χ2n) is 9.59. The second kappa shape index (κ2) is 10.5. The van der Waals surface area contributed by atoms with E-state index in [0.717, 1.165) is 78.3 Å². The van der Waals surface area contributed by atoms with E-state index >= 15 is 0 Å². The highest BCUT2D eigenvalue weighted by atomic mass is 16.5. The van der Waals surface area contributed by atoms with Crippen LogP contribution in [0.25, 0.3) is 11.1 Å². The monoisotopic (exact) mass is 480 g/mol. The third-order valence-electron chi connectivity index (χ3n) is 7.03. The number of fused-ring (bicyclic) bond motifs is 1. The van der Waals surface area contributed by atoms with Crippen molar-refractivity contribution in [2.45, 2.75) is 19.4 Å². The Morgan fingerprint density at radius 2 is 1.67 bits per heavy atom. The molecule has 0 aliphatic carbocycles. The van der Waals surface area contributed by atoms with Gasteiger partial charge in [-0.1, -0.05) is 36.1 Å². The molecular weight excluding hydrogens is 448 g/mol. The molecule has 0 saturated carbocycles. The molecule has 1 atom stereocenters. The molecule has 2 aliphatic heterocycles. The van der Waals surface area contributed by atoms with E-state index < -0.39 is 0 Å². The third-order valence-corrected chi connectivity index (χ3v) is 7.03. The van der Waals surface area contributed by atoms with Crippen molar-refractivity contribution in [3.05, 3.63) is 89.0 Å². The standard InChI is InChI=1S/C31H32N2O3/c1-22-28-21-27(35)13-14-29(28)36-31(30(22)25-7-5-8-26(34)20-25)24-11-9-23(10-12-24)6-3-4-15-33-18-16-32(2)17-19-33/h5,7-14,20-21,31,34-35H,4,15-19H2,1-2H3. The lowest BCUT2D eigenvalue weighted by Gasteiger charge is -2.31. The molecule has 3 aromatic carbocycles. The van der Waals surface area contributed by atoms with Crippen molar-refractivity contribution < 1.29 is 14.9 Å². The number of rotatable bonds is 4. The van der Waals surface area contributed by atoms with Gasteiger partial charge >= 0.3 is 0 Å². The number of hydrogen-bond acceptors (Lipinski definition) is 5. The van der Waals surface area contributed by atoms with Gasteiger partial charge in [0.05, 0.1) is 0 Å². The van der Waals surface area contributed by atoms with E-state index in [2.05, 4.69) is 40.8 Å². The molecule has 5 heteroatoms. The lowest BCUT2D eigenvalue weighted by Crippen LogP contribution is -2.44. The summed E-state index contributed by atoms with van der Waals surface area (Å²) in [4.78, 5) is 4.85. The Kier molecular flexibility index (Phi) is 6.99. The molecule has 2 heterocycles. The Hall–Kier alpha value is -3.72. The summed E-state index contributed by atoms with van der Waals surface area (Å²) in [6.07, 6.45) is 0.521. The van der Waals surface area contributed by atoms with Crippen molar-refractivity contribution in [1.82, 2.24) is 9.80 Å². The molecule has 3 aromatic rings. The Morgan fingerprint density at radius 1 is 0.917 bits per heavy atom. The molecule has 2 aliphatic rings. The van der Waals surface area contributed by atoms with Crippen molar-refractivity contribution in [1.29, 1.82) is 0 Å². The molecule has 0 radical (unpaired) electrons. The normalized spacial score (nSPS) is 18.2. The summed E-state index contributed by atoms with van der Waals surface area (Å²) in [7, 11) is 2.17. The molecule has 5 nitrogen and oxygen atoms in total. The molecule has 0 aromatic heterocycles. The zero-order chi connectivity index (χ0) is 25.1. The fourth-order valence-electron chi connectivity index (χ4n) is 4.91. The first kappa shape index (κ1) is 24.0. The smallest absolute Gasteiger partial charge is 0.150 e. The number of piperazine rings is 1. The Balaban J connectivity index is 1.37. The van der Waals surface area contributed by atoms with Crippen molar-refractivity contribution in [2.24, 2.45) is 0 Å². The second-order valence-corrected chi connectivity index (χ2v) is 9.59. The van der Waals surface area contributed by atoms with Gasteiger partial charge in [-0.3, -0.25) is 4.90 Å². The fraction of sp³-hybridized carbons (Fsp3) is 0.290. The molecule has 1 saturated heterocycles. The fourth-order valence-corrected chi connectivity index (χ4v) is 4.91. The quantitative estimate of drug-likeness (QED) is 0.506. The van der Waals surface area contributed by atoms with E-state index in [1.165, 1.54) is 0 Å². The van der Waals surface area contributed by atoms with Gasteiger partial charge in [-0.15, -0.1) is 0 Å². The predicted molar refractivity (Wildman–Crippen MR) is 144 cm³/mol. The summed E-state index contributed by atoms with van der Waals surface area (Å²) < 4.78 is 6.47. The van der Waals surface area contributed by atoms with Crippen LogP contribution in [-0.2, 0) is 0 Å². The SMILES string of the molecule is CC1=C(c2cccc(O)c2)C(c2ccc(C#CCCN3CCN(C)CC3)cc2)Oc2ccc(O)cc21. The maximum absolute atomic E-state index is 10.1. The summed E-state index contributed by atoms with van der Waals surface area (Å²) in [6.45, 7) is 7.54. The highest BCUT2D eigenvalue weighted by molar-refractivity contribution is 5.95. The summed E-state index contributed by atoms with van der Waals surface area (Å²) in [6, 6.07) is 20.6. The van der Waals surface area contributed by atoms with Crippen LogP contribution in [0.3, 0.4) is 0 Å². The van der Waals surface area contributed by atoms with Crippen molar-refractivity contribution in [3.63, 3.8) is 0 Å². The molecular formula is C31H32N2O3. The highest BCUT2D eigenvalue weighted by Gasteiger charge is 2.29. The van der Waals surface area contributed by atoms with E-state index in [1.807, 2.05) is 31.2 Å². The van der Waals surface area contributed by atoms with Gasteiger partial charge < -0.3 is 19.8 Å². The Labute approximate surface area is 213 Å². The van der Waals surface area contributed by atoms with E-state index in [1.54, 1.807) is 30.3 Å². The predicted octanol–water partition coefficient (Wildman–Crippen LogP) is 5.15. The van der Waals surface area contributed by atoms with Gasteiger partial charge in [0.1, 0.15) is 23.4 Å². The maximum atomic E-state index is 10.1. The molecule has 0 bridgehead atoms. The first-order chi connectivity index (χ1) is 17.5. The van der Waals surface area contributed by atoms with Crippen LogP contribution >= 0.6 is 0 Å². The number of phenols is 2. The van der Waals surface area contributed by atoms with Crippen LogP contribution < -0.4 is 4.74 Å². The zero-order valence-corrected chi connectivity index (χ0v) is 20.9. The summed E-state index contributed by atoms with van der Waals surface area (Å²) in [5, 5.41) is 20.2. The van der Waals surface area contributed by atoms with Gasteiger partial charge in [0, 0.05) is 55.8 Å². The molecule has 1 unspecified atom stereocenters. The van der Waals surface area contributed by atoms with E-state index in [9.17, 15) is 10.2 Å². The minimum atomic E-state index is -0.344. The van der Waals surface area contributed by atoms with Gasteiger partial charge in [0.25, 0.3) is 0 Å². The highest BCUT2D eigenvalue weighted by Crippen LogP contribution is 2.47. The molecule has 184 valence electrons. The minimum Gasteiger partial charge on any atom is -0.508 e. The molecule has 0 amide bonds. The van der Waals surface area contributed by atoms with Crippen LogP contribution in [0.5, 0.6) is 17.2 Å². The topological polar surface area (TPSA) is 56.2 Å². The zero-order valence-electron chi connectivity index (χ0n) is 20.9. The number of likely N-dealkylation sites (N-methyl/N-ethyl adjacent to an activating group) is 1. The molecule has 2 N–H and O–H groups in total. The first-order valence-corrected chi connectivity index (χ1v) is 12.5. The number of benzene rings is 3. The van der Waals surface area contributed by atoms with Crippen molar-refractivity contribution in [2.75, 3.05) is 39.8 Å². The average molecular weight is 481 g/mol. The lowest BCUT2D eigenvalue weighted by molar-refractivity contribution is 0.157. The summed E-state index contributed by atoms with van der Waals surface area (Å²) in [5.74, 6) is 7.76. The minimum absolute atomic E-state index is 0.195. The molecule has 5 rings (SSSR count). The maximum Gasteiger partial charge on any atom is 0.150 e. The number of aromatic hydroxyl groups is 2. The Bertz CT molecular complexity index is 1330. The average Bonchev–Trinajstić information content (AvgIpc) is 2.88. The van der Waals surface area contributed by atoms with Gasteiger partial charge in [-0.05, 0) is 73.1 Å². The van der Waals surface area contributed by atoms with Crippen LogP contribution in [0.1, 0.15) is 41.7 Å². The van der Waals surface area contributed by atoms with Crippen LogP contribution in [-0.4, -0.2) is 59.8 Å². The van der Waals surface area contributed by atoms with Crippen molar-refractivity contribution in [3.8, 4) is 29.1 Å². The number of nitrogens with zero attached hydrogens (tertiary/aromatic N) is 2. The lowest BCUT2D eigenvalue weighted by atomic mass is 9.86. The molecule has 0 spiro atoms. The Morgan fingerprint density at radius 3 is 2.42 bits per heavy atom. The molecule has 1 fully saturated rings. The summed E-state index contributed by atoms with van der Waals surface area (Å²) >= 11 is 0. The number of ether oxygens (including phenoxy) is 1. The number of phenolic OH excluding ortho intramolecular Hbond substituents is 2. The molecule has 36 heavy (non-hydrogen) atoms. The third kappa shape index (κ3) is 5.26. The van der Waals surface area contributed by atoms with E-state index in [0.29, 0.717) is 0 Å². The van der Waals surface area contributed by atoms with Gasteiger partial charge in [-0.2, -0.15) is 0 Å². The summed E-state index contributed by atoms with van der Waals surface area (Å²) in [5.41, 5.74) is 5.71. The van der Waals surface area contributed by atoms with Crippen molar-refractivity contribution >= 4 is 11.1 Å². The van der Waals surface area contributed by atoms with Gasteiger partial charge in [-0.25, -0.2) is 0 Å². The van der Waals surface area contributed by atoms with E-state index in [4.69, 9.17) is 4.74 Å². The van der Waals surface area contributed by atoms with Crippen LogP contribution in [0, 0.1) is 11.8 Å². The van der Waals surface area contributed by atoms with Gasteiger partial charge in [0.15, 0.2) is 0 Å². The number of hydrogen-bond donors (Lipinski definition) is 2.